The lowest BCUT2D eigenvalue weighted by Crippen LogP contribution is -2.37. The van der Waals surface area contributed by atoms with Gasteiger partial charge in [0.05, 0.1) is 6.04 Å². The number of rotatable bonds is 5. The first-order valence-corrected chi connectivity index (χ1v) is 7.14. The van der Waals surface area contributed by atoms with Crippen LogP contribution < -0.4 is 20.7 Å². The fourth-order valence-electron chi connectivity index (χ4n) is 1.76. The van der Waals surface area contributed by atoms with Gasteiger partial charge in [-0.15, -0.1) is 0 Å². The molecular weight excluding hydrogens is 352 g/mol. The standard InChI is InChI=1S/C13H13ClN2.CH2ClF3N2/c14-16-15-13(11-7-3-1-4-8-11)12-9-5-2-6-10-12;2-7-6-1(3,4)5/h1-10,13,15-16H;6-7H. The minimum atomic E-state index is -4.44. The van der Waals surface area contributed by atoms with E-state index in [0.717, 1.165) is 5.43 Å². The quantitative estimate of drug-likeness (QED) is 0.369. The SMILES string of the molecule is ClNNC(c1ccccc1)c1ccccc1.FC(F)(F)NNCl. The molecule has 0 saturated heterocycles. The van der Waals surface area contributed by atoms with E-state index < -0.39 is 6.30 Å². The highest BCUT2D eigenvalue weighted by molar-refractivity contribution is 6.13. The van der Waals surface area contributed by atoms with E-state index in [-0.39, 0.29) is 6.04 Å². The van der Waals surface area contributed by atoms with Crippen molar-refractivity contribution in [2.45, 2.75) is 12.3 Å². The van der Waals surface area contributed by atoms with Crippen molar-refractivity contribution in [1.29, 1.82) is 0 Å². The topological polar surface area (TPSA) is 48.1 Å². The molecule has 0 saturated carbocycles. The van der Waals surface area contributed by atoms with Gasteiger partial charge in [-0.2, -0.15) is 28.5 Å². The summed E-state index contributed by atoms with van der Waals surface area (Å²) in [5.41, 5.74) is 6.17. The molecule has 2 aromatic rings. The van der Waals surface area contributed by atoms with Gasteiger partial charge in [0.25, 0.3) is 0 Å². The molecule has 0 aromatic heterocycles. The van der Waals surface area contributed by atoms with E-state index in [9.17, 15) is 13.2 Å². The van der Waals surface area contributed by atoms with E-state index in [1.807, 2.05) is 36.4 Å². The maximum atomic E-state index is 10.8. The Balaban J connectivity index is 0.000000322. The molecule has 0 aliphatic carbocycles. The van der Waals surface area contributed by atoms with Gasteiger partial charge in [-0.25, -0.2) is 5.43 Å². The summed E-state index contributed by atoms with van der Waals surface area (Å²) < 4.78 is 32.4. The average molecular weight is 367 g/mol. The van der Waals surface area contributed by atoms with Crippen molar-refractivity contribution >= 4 is 23.6 Å². The van der Waals surface area contributed by atoms with Crippen LogP contribution in [-0.2, 0) is 0 Å². The van der Waals surface area contributed by atoms with Crippen LogP contribution >= 0.6 is 23.6 Å². The van der Waals surface area contributed by atoms with Gasteiger partial charge in [0.15, 0.2) is 0 Å². The average Bonchev–Trinajstić information content (AvgIpc) is 2.54. The lowest BCUT2D eigenvalue weighted by Gasteiger charge is -2.18. The van der Waals surface area contributed by atoms with Crippen molar-refractivity contribution in [3.8, 4) is 0 Å². The summed E-state index contributed by atoms with van der Waals surface area (Å²) >= 11 is 9.94. The zero-order chi connectivity index (χ0) is 17.1. The molecule has 2 rings (SSSR count). The minimum Gasteiger partial charge on any atom is -0.232 e. The Morgan fingerprint density at radius 3 is 1.43 bits per heavy atom. The third kappa shape index (κ3) is 8.17. The first kappa shape index (κ1) is 19.7. The van der Waals surface area contributed by atoms with Crippen molar-refractivity contribution in [2.75, 3.05) is 0 Å². The van der Waals surface area contributed by atoms with Gasteiger partial charge >= 0.3 is 6.30 Å². The summed E-state index contributed by atoms with van der Waals surface area (Å²) in [4.78, 5) is 3.69. The van der Waals surface area contributed by atoms with E-state index in [4.69, 9.17) is 11.8 Å². The van der Waals surface area contributed by atoms with Gasteiger partial charge in [-0.05, 0) is 34.7 Å². The van der Waals surface area contributed by atoms with Gasteiger partial charge in [0.1, 0.15) is 0 Å². The summed E-state index contributed by atoms with van der Waals surface area (Å²) in [7, 11) is 0. The third-order valence-corrected chi connectivity index (χ3v) is 2.86. The molecule has 0 unspecified atom stereocenters. The van der Waals surface area contributed by atoms with Crippen LogP contribution in [0.2, 0.25) is 0 Å². The van der Waals surface area contributed by atoms with Crippen molar-refractivity contribution in [2.24, 2.45) is 0 Å². The first-order valence-electron chi connectivity index (χ1n) is 6.38. The summed E-state index contributed by atoms with van der Waals surface area (Å²) in [5, 5.41) is 0. The van der Waals surface area contributed by atoms with Crippen LogP contribution in [0.15, 0.2) is 60.7 Å². The Hall–Kier alpha value is -1.35. The molecule has 0 aliphatic heterocycles. The Labute approximate surface area is 142 Å². The molecule has 126 valence electrons. The van der Waals surface area contributed by atoms with Crippen molar-refractivity contribution in [3.63, 3.8) is 0 Å². The predicted molar refractivity (Wildman–Crippen MR) is 85.0 cm³/mol. The number of benzene rings is 2. The normalized spacial score (nSPS) is 11.0. The number of nitrogens with one attached hydrogen (secondary N) is 4. The Bertz CT molecular complexity index is 501. The summed E-state index contributed by atoms with van der Waals surface area (Å²) in [6.45, 7) is 0. The molecule has 4 nitrogen and oxygen atoms in total. The van der Waals surface area contributed by atoms with E-state index in [1.54, 1.807) is 0 Å². The van der Waals surface area contributed by atoms with Crippen LogP contribution in [0.4, 0.5) is 13.2 Å². The zero-order valence-corrected chi connectivity index (χ0v) is 13.3. The van der Waals surface area contributed by atoms with E-state index in [2.05, 4.69) is 46.4 Å². The van der Waals surface area contributed by atoms with Crippen molar-refractivity contribution < 1.29 is 13.2 Å². The minimum absolute atomic E-state index is 0.0555. The Morgan fingerprint density at radius 1 is 0.739 bits per heavy atom. The molecule has 0 bridgehead atoms. The van der Waals surface area contributed by atoms with Gasteiger partial charge in [-0.3, -0.25) is 0 Å². The van der Waals surface area contributed by atoms with Crippen LogP contribution in [0.25, 0.3) is 0 Å². The number of halogens is 5. The maximum absolute atomic E-state index is 10.8. The molecule has 9 heteroatoms. The number of hydrogen-bond donors (Lipinski definition) is 4. The maximum Gasteiger partial charge on any atom is 0.471 e. The number of alkyl halides is 3. The molecule has 23 heavy (non-hydrogen) atoms. The Kier molecular flexibility index (Phi) is 8.93. The second-order valence-electron chi connectivity index (χ2n) is 4.21. The molecule has 0 heterocycles. The third-order valence-electron chi connectivity index (χ3n) is 2.65. The molecule has 0 aliphatic rings. The molecule has 0 spiro atoms. The molecule has 0 atom stereocenters. The fraction of sp³-hybridized carbons (Fsp3) is 0.143. The van der Waals surface area contributed by atoms with Gasteiger partial charge < -0.3 is 0 Å². The monoisotopic (exact) mass is 366 g/mol. The van der Waals surface area contributed by atoms with Crippen LogP contribution in [0.3, 0.4) is 0 Å². The highest BCUT2D eigenvalue weighted by Gasteiger charge is 2.25. The highest BCUT2D eigenvalue weighted by Crippen LogP contribution is 2.20. The lowest BCUT2D eigenvalue weighted by atomic mass is 10.00. The molecule has 0 fully saturated rings. The summed E-state index contributed by atoms with van der Waals surface area (Å²) in [6, 6.07) is 20.4. The van der Waals surface area contributed by atoms with Gasteiger partial charge in [0.2, 0.25) is 0 Å². The summed E-state index contributed by atoms with van der Waals surface area (Å²) in [5.74, 6) is 0. The van der Waals surface area contributed by atoms with Crippen LogP contribution in [0.5, 0.6) is 0 Å². The zero-order valence-electron chi connectivity index (χ0n) is 11.7. The lowest BCUT2D eigenvalue weighted by molar-refractivity contribution is -0.161. The molecular formula is C14H15Cl2F3N4. The van der Waals surface area contributed by atoms with Gasteiger partial charge in [-0.1, -0.05) is 60.7 Å². The smallest absolute Gasteiger partial charge is 0.232 e. The first-order chi connectivity index (χ1) is 11.0. The van der Waals surface area contributed by atoms with E-state index in [0.29, 0.717) is 0 Å². The van der Waals surface area contributed by atoms with Crippen molar-refractivity contribution in [3.05, 3.63) is 71.8 Å². The largest absolute Gasteiger partial charge is 0.471 e. The van der Waals surface area contributed by atoms with Crippen LogP contribution in [0.1, 0.15) is 17.2 Å². The number of hydrogen-bond acceptors (Lipinski definition) is 4. The van der Waals surface area contributed by atoms with Crippen LogP contribution in [-0.4, -0.2) is 6.30 Å². The van der Waals surface area contributed by atoms with E-state index in [1.165, 1.54) is 16.1 Å². The Morgan fingerprint density at radius 2 is 1.17 bits per heavy atom. The molecule has 2 aromatic carbocycles. The van der Waals surface area contributed by atoms with Crippen LogP contribution in [0, 0.1) is 0 Å². The second kappa shape index (κ2) is 10.4. The fourth-order valence-corrected chi connectivity index (χ4v) is 1.97. The molecule has 4 N–H and O–H groups in total. The number of hydrazine groups is 2. The molecule has 0 amide bonds. The summed E-state index contributed by atoms with van der Waals surface area (Å²) in [6.07, 6.45) is -4.44. The van der Waals surface area contributed by atoms with Crippen molar-refractivity contribution in [1.82, 2.24) is 20.7 Å². The highest BCUT2D eigenvalue weighted by atomic mass is 35.5. The second-order valence-corrected chi connectivity index (χ2v) is 4.59. The van der Waals surface area contributed by atoms with E-state index >= 15 is 0 Å². The van der Waals surface area contributed by atoms with Gasteiger partial charge in [0, 0.05) is 0 Å². The predicted octanol–water partition coefficient (Wildman–Crippen LogP) is 3.78. The molecule has 0 radical (unpaired) electrons.